The van der Waals surface area contributed by atoms with Crippen molar-refractivity contribution in [1.29, 1.82) is 0 Å². The van der Waals surface area contributed by atoms with Crippen LogP contribution in [0.1, 0.15) is 19.4 Å². The van der Waals surface area contributed by atoms with Crippen molar-refractivity contribution in [3.63, 3.8) is 0 Å². The second-order valence-corrected chi connectivity index (χ2v) is 5.23. The Kier molecular flexibility index (Phi) is 4.73. The largest absolute Gasteiger partial charge is 0.368 e. The van der Waals surface area contributed by atoms with Gasteiger partial charge in [0.1, 0.15) is 0 Å². The summed E-state index contributed by atoms with van der Waals surface area (Å²) in [6.45, 7) is 6.57. The van der Waals surface area contributed by atoms with Gasteiger partial charge in [-0.15, -0.1) is 0 Å². The van der Waals surface area contributed by atoms with E-state index in [1.54, 1.807) is 11.3 Å². The van der Waals surface area contributed by atoms with Crippen LogP contribution < -0.4 is 15.5 Å². The zero-order valence-corrected chi connectivity index (χ0v) is 12.9. The Morgan fingerprint density at radius 3 is 2.45 bits per heavy atom. The summed E-state index contributed by atoms with van der Waals surface area (Å²) < 4.78 is 0. The van der Waals surface area contributed by atoms with Crippen LogP contribution in [0.4, 0.5) is 17.8 Å². The molecule has 2 heterocycles. The van der Waals surface area contributed by atoms with E-state index in [0.717, 1.165) is 19.6 Å². The third-order valence-electron chi connectivity index (χ3n) is 3.02. The van der Waals surface area contributed by atoms with Gasteiger partial charge in [-0.3, -0.25) is 0 Å². The minimum atomic E-state index is 0.258. The molecule has 0 aliphatic heterocycles. The van der Waals surface area contributed by atoms with Gasteiger partial charge < -0.3 is 15.5 Å². The van der Waals surface area contributed by atoms with Crippen molar-refractivity contribution in [2.24, 2.45) is 0 Å². The van der Waals surface area contributed by atoms with Crippen LogP contribution in [-0.4, -0.2) is 35.1 Å². The van der Waals surface area contributed by atoms with Crippen LogP contribution in [0.2, 0.25) is 0 Å². The molecule has 0 amide bonds. The van der Waals surface area contributed by atoms with Gasteiger partial charge in [0, 0.05) is 26.7 Å². The Bertz CT molecular complexity index is 538. The summed E-state index contributed by atoms with van der Waals surface area (Å²) in [7, 11) is 1.96. The molecule has 0 radical (unpaired) electrons. The summed E-state index contributed by atoms with van der Waals surface area (Å²) in [5.74, 6) is 1.49. The highest BCUT2D eigenvalue weighted by Gasteiger charge is 2.13. The molecule has 108 valence electrons. The van der Waals surface area contributed by atoms with E-state index < -0.39 is 0 Å². The van der Waals surface area contributed by atoms with Gasteiger partial charge in [-0.2, -0.15) is 26.3 Å². The van der Waals surface area contributed by atoms with Gasteiger partial charge in [0.15, 0.2) is 0 Å². The fraction of sp³-hybridized carbons (Fsp3) is 0.462. The van der Waals surface area contributed by atoms with Crippen molar-refractivity contribution < 1.29 is 0 Å². The number of anilines is 3. The van der Waals surface area contributed by atoms with Crippen molar-refractivity contribution in [2.45, 2.75) is 20.4 Å². The van der Waals surface area contributed by atoms with Crippen LogP contribution in [0.15, 0.2) is 16.8 Å². The van der Waals surface area contributed by atoms with E-state index in [4.69, 9.17) is 5.73 Å². The smallest absolute Gasteiger partial charge is 0.231 e. The summed E-state index contributed by atoms with van der Waals surface area (Å²) in [5, 5.41) is 4.18. The van der Waals surface area contributed by atoms with Crippen molar-refractivity contribution in [1.82, 2.24) is 15.0 Å². The lowest BCUT2D eigenvalue weighted by atomic mass is 10.3. The first-order chi connectivity index (χ1) is 9.63. The Morgan fingerprint density at radius 1 is 1.15 bits per heavy atom. The lowest BCUT2D eigenvalue weighted by Gasteiger charge is -2.21. The van der Waals surface area contributed by atoms with Crippen LogP contribution in [0, 0.1) is 0 Å². The van der Waals surface area contributed by atoms with Gasteiger partial charge in [0.05, 0.1) is 0 Å². The first kappa shape index (κ1) is 14.5. The number of hydrogen-bond donors (Lipinski definition) is 1. The molecule has 0 fully saturated rings. The predicted octanol–water partition coefficient (Wildman–Crippen LogP) is 2.00. The number of rotatable bonds is 6. The maximum atomic E-state index is 5.80. The Balaban J connectivity index is 2.22. The van der Waals surface area contributed by atoms with E-state index in [1.807, 2.05) is 11.9 Å². The summed E-state index contributed by atoms with van der Waals surface area (Å²) in [4.78, 5) is 17.0. The summed E-state index contributed by atoms with van der Waals surface area (Å²) in [6, 6.07) is 2.09. The number of nitrogen functional groups attached to an aromatic ring is 1. The second-order valence-electron chi connectivity index (χ2n) is 4.45. The van der Waals surface area contributed by atoms with E-state index in [-0.39, 0.29) is 5.95 Å². The Labute approximate surface area is 123 Å². The van der Waals surface area contributed by atoms with E-state index in [2.05, 4.69) is 50.5 Å². The van der Waals surface area contributed by atoms with Gasteiger partial charge in [-0.05, 0) is 36.2 Å². The highest BCUT2D eigenvalue weighted by atomic mass is 32.1. The molecule has 0 spiro atoms. The van der Waals surface area contributed by atoms with Crippen LogP contribution in [0.5, 0.6) is 0 Å². The minimum absolute atomic E-state index is 0.258. The monoisotopic (exact) mass is 292 g/mol. The fourth-order valence-corrected chi connectivity index (χ4v) is 2.57. The number of nitrogens with two attached hydrogens (primary N) is 1. The summed E-state index contributed by atoms with van der Waals surface area (Å²) in [6.07, 6.45) is 0. The molecule has 20 heavy (non-hydrogen) atoms. The molecule has 0 unspecified atom stereocenters. The van der Waals surface area contributed by atoms with E-state index in [0.29, 0.717) is 11.9 Å². The Hall–Kier alpha value is -1.89. The van der Waals surface area contributed by atoms with Gasteiger partial charge in [-0.1, -0.05) is 0 Å². The molecule has 0 aliphatic carbocycles. The molecular formula is C13H20N6S. The molecule has 0 aliphatic rings. The molecular weight excluding hydrogens is 272 g/mol. The van der Waals surface area contributed by atoms with Gasteiger partial charge >= 0.3 is 0 Å². The summed E-state index contributed by atoms with van der Waals surface area (Å²) in [5.41, 5.74) is 7.04. The number of aromatic nitrogens is 3. The van der Waals surface area contributed by atoms with Gasteiger partial charge in [-0.25, -0.2) is 0 Å². The van der Waals surface area contributed by atoms with Crippen molar-refractivity contribution in [2.75, 3.05) is 35.7 Å². The lowest BCUT2D eigenvalue weighted by Crippen LogP contribution is -2.27. The molecule has 0 atom stereocenters. The third kappa shape index (κ3) is 3.36. The lowest BCUT2D eigenvalue weighted by molar-refractivity contribution is 0.795. The molecule has 2 N–H and O–H groups in total. The van der Waals surface area contributed by atoms with Crippen molar-refractivity contribution in [3.05, 3.63) is 22.4 Å². The first-order valence-electron chi connectivity index (χ1n) is 6.62. The maximum Gasteiger partial charge on any atom is 0.231 e. The van der Waals surface area contributed by atoms with Gasteiger partial charge in [0.2, 0.25) is 17.8 Å². The Morgan fingerprint density at radius 2 is 1.85 bits per heavy atom. The second kappa shape index (κ2) is 6.51. The molecule has 0 aromatic carbocycles. The highest BCUT2D eigenvalue weighted by Crippen LogP contribution is 2.17. The molecule has 2 aromatic rings. The van der Waals surface area contributed by atoms with E-state index in [9.17, 15) is 0 Å². The van der Waals surface area contributed by atoms with Crippen molar-refractivity contribution >= 4 is 29.2 Å². The molecule has 0 saturated heterocycles. The SMILES string of the molecule is CCN(CC)c1nc(N)nc(N(C)Cc2ccsc2)n1. The summed E-state index contributed by atoms with van der Waals surface area (Å²) >= 11 is 1.68. The first-order valence-corrected chi connectivity index (χ1v) is 7.57. The van der Waals surface area contributed by atoms with Crippen LogP contribution in [0.3, 0.4) is 0 Å². The quantitative estimate of drug-likeness (QED) is 0.878. The zero-order valence-electron chi connectivity index (χ0n) is 12.1. The number of nitrogens with zero attached hydrogens (tertiary/aromatic N) is 5. The third-order valence-corrected chi connectivity index (χ3v) is 3.75. The van der Waals surface area contributed by atoms with Crippen molar-refractivity contribution in [3.8, 4) is 0 Å². The topological polar surface area (TPSA) is 71.2 Å². The van der Waals surface area contributed by atoms with Crippen LogP contribution in [-0.2, 0) is 6.54 Å². The van der Waals surface area contributed by atoms with Gasteiger partial charge in [0.25, 0.3) is 0 Å². The van der Waals surface area contributed by atoms with Crippen LogP contribution in [0.25, 0.3) is 0 Å². The fourth-order valence-electron chi connectivity index (χ4n) is 1.92. The highest BCUT2D eigenvalue weighted by molar-refractivity contribution is 7.07. The molecule has 6 nitrogen and oxygen atoms in total. The van der Waals surface area contributed by atoms with E-state index >= 15 is 0 Å². The zero-order chi connectivity index (χ0) is 14.5. The van der Waals surface area contributed by atoms with Crippen LogP contribution >= 0.6 is 11.3 Å². The molecule has 0 bridgehead atoms. The predicted molar refractivity (Wildman–Crippen MR) is 84.2 cm³/mol. The molecule has 2 aromatic heterocycles. The average molecular weight is 292 g/mol. The maximum absolute atomic E-state index is 5.80. The average Bonchev–Trinajstić information content (AvgIpc) is 2.92. The number of thiophene rings is 1. The van der Waals surface area contributed by atoms with E-state index in [1.165, 1.54) is 5.56 Å². The molecule has 2 rings (SSSR count). The standard InChI is InChI=1S/C13H20N6S/c1-4-19(5-2)13-16-11(14)15-12(17-13)18(3)8-10-6-7-20-9-10/h6-7,9H,4-5,8H2,1-3H3,(H2,14,15,16,17). The normalized spacial score (nSPS) is 10.6. The number of hydrogen-bond acceptors (Lipinski definition) is 7. The minimum Gasteiger partial charge on any atom is -0.368 e. The molecule has 0 saturated carbocycles. The molecule has 7 heteroatoms.